The van der Waals surface area contributed by atoms with Crippen LogP contribution in [-0.4, -0.2) is 16.1 Å². The van der Waals surface area contributed by atoms with Crippen LogP contribution in [0.15, 0.2) is 52.1 Å². The molecular weight excluding hydrogens is 367 g/mol. The summed E-state index contributed by atoms with van der Waals surface area (Å²) in [5, 5.41) is 10.00. The highest BCUT2D eigenvalue weighted by atomic mass is 32.2. The van der Waals surface area contributed by atoms with Gasteiger partial charge in [-0.25, -0.2) is 13.2 Å². The summed E-state index contributed by atoms with van der Waals surface area (Å²) in [5.74, 6) is -2.84. The molecule has 26 heavy (non-hydrogen) atoms. The zero-order valence-electron chi connectivity index (χ0n) is 13.2. The molecule has 0 fully saturated rings. The molecule has 0 aliphatic rings. The Kier molecular flexibility index (Phi) is 5.57. The van der Waals surface area contributed by atoms with Gasteiger partial charge in [-0.05, 0) is 23.8 Å². The third-order valence-electron chi connectivity index (χ3n) is 3.35. The number of hydrogen-bond acceptors (Lipinski definition) is 5. The van der Waals surface area contributed by atoms with E-state index < -0.39 is 23.1 Å². The van der Waals surface area contributed by atoms with Gasteiger partial charge in [0.1, 0.15) is 23.0 Å². The van der Waals surface area contributed by atoms with Crippen LogP contribution < -0.4 is 5.32 Å². The van der Waals surface area contributed by atoms with Gasteiger partial charge in [0.15, 0.2) is 0 Å². The first kappa shape index (κ1) is 18.0. The summed E-state index contributed by atoms with van der Waals surface area (Å²) >= 11 is 1.13. The molecule has 2 aromatic carbocycles. The van der Waals surface area contributed by atoms with Crippen molar-refractivity contribution in [1.82, 2.24) is 15.5 Å². The largest absolute Gasteiger partial charge is 0.414 e. The monoisotopic (exact) mass is 379 g/mol. The molecule has 1 aromatic heterocycles. The number of hydrogen-bond donors (Lipinski definition) is 1. The summed E-state index contributed by atoms with van der Waals surface area (Å²) in [5.41, 5.74) is -0.193. The van der Waals surface area contributed by atoms with Crippen molar-refractivity contribution in [2.45, 2.75) is 17.5 Å². The average Bonchev–Trinajstić information content (AvgIpc) is 3.07. The Balaban J connectivity index is 1.57. The molecule has 0 radical (unpaired) electrons. The first-order valence-corrected chi connectivity index (χ1v) is 8.44. The second-order valence-electron chi connectivity index (χ2n) is 5.12. The summed E-state index contributed by atoms with van der Waals surface area (Å²) < 4.78 is 45.9. The Morgan fingerprint density at radius 2 is 1.69 bits per heavy atom. The number of thioether (sulfide) groups is 1. The molecule has 0 atom stereocenters. The van der Waals surface area contributed by atoms with Crippen LogP contribution >= 0.6 is 11.8 Å². The molecule has 3 aromatic rings. The molecule has 1 amide bonds. The number of amides is 1. The molecule has 0 aliphatic carbocycles. The molecule has 0 unspecified atom stereocenters. The van der Waals surface area contributed by atoms with Gasteiger partial charge in [-0.2, -0.15) is 0 Å². The fraction of sp³-hybridized carbons (Fsp3) is 0.118. The molecule has 1 N–H and O–H groups in total. The van der Waals surface area contributed by atoms with E-state index in [-0.39, 0.29) is 23.5 Å². The highest BCUT2D eigenvalue weighted by Gasteiger charge is 2.17. The van der Waals surface area contributed by atoms with Crippen molar-refractivity contribution in [3.8, 4) is 0 Å². The molecule has 0 aliphatic heterocycles. The average molecular weight is 379 g/mol. The zero-order valence-corrected chi connectivity index (χ0v) is 14.0. The van der Waals surface area contributed by atoms with Gasteiger partial charge in [0.05, 0.1) is 6.54 Å². The van der Waals surface area contributed by atoms with Crippen molar-refractivity contribution in [3.63, 3.8) is 0 Å². The lowest BCUT2D eigenvalue weighted by Gasteiger charge is -2.04. The third-order valence-corrected chi connectivity index (χ3v) is 4.21. The van der Waals surface area contributed by atoms with Crippen LogP contribution in [0.4, 0.5) is 13.2 Å². The van der Waals surface area contributed by atoms with Gasteiger partial charge >= 0.3 is 0 Å². The van der Waals surface area contributed by atoms with Crippen molar-refractivity contribution < 1.29 is 22.4 Å². The minimum Gasteiger partial charge on any atom is -0.414 e. The van der Waals surface area contributed by atoms with Gasteiger partial charge in [0.2, 0.25) is 5.89 Å². The van der Waals surface area contributed by atoms with Crippen molar-refractivity contribution in [3.05, 3.63) is 76.9 Å². The van der Waals surface area contributed by atoms with Crippen LogP contribution in [0.3, 0.4) is 0 Å². The van der Waals surface area contributed by atoms with Crippen molar-refractivity contribution >= 4 is 17.7 Å². The molecule has 5 nitrogen and oxygen atoms in total. The molecule has 3 rings (SSSR count). The topological polar surface area (TPSA) is 68.0 Å². The highest BCUT2D eigenvalue weighted by molar-refractivity contribution is 7.98. The van der Waals surface area contributed by atoms with E-state index >= 15 is 0 Å². The predicted molar refractivity (Wildman–Crippen MR) is 87.8 cm³/mol. The molecular formula is C17H12F3N3O2S. The number of benzene rings is 2. The number of halogens is 3. The van der Waals surface area contributed by atoms with Crippen LogP contribution in [0.1, 0.15) is 21.8 Å². The first-order valence-electron chi connectivity index (χ1n) is 7.45. The maximum Gasteiger partial charge on any atom is 0.276 e. The molecule has 1 heterocycles. The third kappa shape index (κ3) is 4.23. The summed E-state index contributed by atoms with van der Waals surface area (Å²) in [7, 11) is 0. The number of aromatic nitrogens is 2. The van der Waals surface area contributed by atoms with E-state index in [1.165, 1.54) is 12.1 Å². The lowest BCUT2D eigenvalue weighted by atomic mass is 10.2. The molecule has 0 saturated heterocycles. The Morgan fingerprint density at radius 3 is 2.42 bits per heavy atom. The fourth-order valence-electron chi connectivity index (χ4n) is 2.08. The Bertz CT molecular complexity index is 913. The van der Waals surface area contributed by atoms with Crippen LogP contribution in [0.2, 0.25) is 0 Å². The van der Waals surface area contributed by atoms with E-state index in [0.717, 1.165) is 23.9 Å². The van der Waals surface area contributed by atoms with Gasteiger partial charge in [-0.3, -0.25) is 4.79 Å². The normalized spacial score (nSPS) is 10.7. The van der Waals surface area contributed by atoms with E-state index in [1.807, 2.05) is 0 Å². The van der Waals surface area contributed by atoms with E-state index in [9.17, 15) is 18.0 Å². The number of nitrogens with zero attached hydrogens (tertiary/aromatic N) is 2. The number of nitrogens with one attached hydrogen (secondary N) is 1. The van der Waals surface area contributed by atoms with Crippen LogP contribution in [0, 0.1) is 17.5 Å². The number of carbonyl (C=O) groups is 1. The quantitative estimate of drug-likeness (QED) is 0.662. The van der Waals surface area contributed by atoms with Crippen molar-refractivity contribution in [2.75, 3.05) is 0 Å². The smallest absolute Gasteiger partial charge is 0.276 e. The second kappa shape index (κ2) is 8.05. The first-order chi connectivity index (χ1) is 12.5. The minimum absolute atomic E-state index is 0.0612. The highest BCUT2D eigenvalue weighted by Crippen LogP contribution is 2.22. The number of carbonyl (C=O) groups excluding carboxylic acids is 1. The minimum atomic E-state index is -0.964. The summed E-state index contributed by atoms with van der Waals surface area (Å²) in [6.45, 7) is -0.195. The Hall–Kier alpha value is -2.81. The second-order valence-corrected chi connectivity index (χ2v) is 6.05. The molecule has 134 valence electrons. The SMILES string of the molecule is O=C(NCc1nnc(SCc2ccccc2F)o1)c1c(F)cccc1F. The lowest BCUT2D eigenvalue weighted by Crippen LogP contribution is -2.25. The van der Waals surface area contributed by atoms with Crippen LogP contribution in [0.5, 0.6) is 0 Å². The standard InChI is InChI=1S/C17H12F3N3O2S/c18-11-5-2-1-4-10(11)9-26-17-23-22-14(25-17)8-21-16(24)15-12(19)6-3-7-13(15)20/h1-7H,8-9H2,(H,21,24). The van der Waals surface area contributed by atoms with E-state index in [2.05, 4.69) is 15.5 Å². The number of rotatable bonds is 6. The molecule has 0 bridgehead atoms. The Labute approximate surface area is 150 Å². The molecule has 9 heteroatoms. The van der Waals surface area contributed by atoms with Gasteiger partial charge in [0.25, 0.3) is 11.1 Å². The lowest BCUT2D eigenvalue weighted by molar-refractivity contribution is 0.0938. The summed E-state index contributed by atoms with van der Waals surface area (Å²) in [6, 6.07) is 9.45. The molecule has 0 spiro atoms. The van der Waals surface area contributed by atoms with Gasteiger partial charge in [-0.15, -0.1) is 10.2 Å². The molecule has 0 saturated carbocycles. The van der Waals surface area contributed by atoms with Crippen LogP contribution in [0.25, 0.3) is 0 Å². The van der Waals surface area contributed by atoms with Crippen molar-refractivity contribution in [2.24, 2.45) is 0 Å². The predicted octanol–water partition coefficient (Wildman–Crippen LogP) is 3.71. The summed E-state index contributed by atoms with van der Waals surface area (Å²) in [4.78, 5) is 11.9. The maximum absolute atomic E-state index is 13.5. The van der Waals surface area contributed by atoms with Gasteiger partial charge in [-0.1, -0.05) is 36.0 Å². The van der Waals surface area contributed by atoms with Gasteiger partial charge < -0.3 is 9.73 Å². The van der Waals surface area contributed by atoms with Crippen LogP contribution in [-0.2, 0) is 12.3 Å². The van der Waals surface area contributed by atoms with E-state index in [4.69, 9.17) is 4.42 Å². The van der Waals surface area contributed by atoms with Gasteiger partial charge in [0, 0.05) is 5.75 Å². The fourth-order valence-corrected chi connectivity index (χ4v) is 2.85. The van der Waals surface area contributed by atoms with E-state index in [1.54, 1.807) is 18.2 Å². The van der Waals surface area contributed by atoms with E-state index in [0.29, 0.717) is 11.3 Å². The zero-order chi connectivity index (χ0) is 18.5. The Morgan fingerprint density at radius 1 is 1.00 bits per heavy atom. The van der Waals surface area contributed by atoms with Crippen molar-refractivity contribution in [1.29, 1.82) is 0 Å². The summed E-state index contributed by atoms with van der Waals surface area (Å²) in [6.07, 6.45) is 0. The maximum atomic E-state index is 13.5.